The van der Waals surface area contributed by atoms with E-state index in [0.717, 1.165) is 5.56 Å². The lowest BCUT2D eigenvalue weighted by Gasteiger charge is -2.03. The van der Waals surface area contributed by atoms with Crippen molar-refractivity contribution in [2.24, 2.45) is 0 Å². The van der Waals surface area contributed by atoms with E-state index in [-0.39, 0.29) is 5.89 Å². The third-order valence-electron chi connectivity index (χ3n) is 3.28. The molecule has 0 aliphatic carbocycles. The van der Waals surface area contributed by atoms with E-state index in [1.54, 1.807) is 12.1 Å². The topological polar surface area (TPSA) is 63.3 Å². The van der Waals surface area contributed by atoms with Crippen molar-refractivity contribution < 1.29 is 14.3 Å². The minimum absolute atomic E-state index is 0.0228. The molecule has 0 fully saturated rings. The minimum Gasteiger partial charge on any atom is -0.480 e. The Morgan fingerprint density at radius 3 is 2.43 bits per heavy atom. The summed E-state index contributed by atoms with van der Waals surface area (Å²) in [5.74, 6) is -0.674. The molecule has 0 saturated carbocycles. The summed E-state index contributed by atoms with van der Waals surface area (Å²) >= 11 is 10.3. The molecule has 3 aromatic rings. The molecule has 23 heavy (non-hydrogen) atoms. The standard InChI is InChI=1S/C17H12ClNO3S/c18-12-9-5-4-8-11(12)14-13(10-6-2-1-3-7-10)19-16(22-14)15(23)17(20)21/h1-9,15,23H,(H,20,21). The molecule has 6 heteroatoms. The lowest BCUT2D eigenvalue weighted by Crippen LogP contribution is -2.05. The normalized spacial score (nSPS) is 12.1. The maximum Gasteiger partial charge on any atom is 0.325 e. The summed E-state index contributed by atoms with van der Waals surface area (Å²) in [6.07, 6.45) is 0. The van der Waals surface area contributed by atoms with Crippen LogP contribution in [0.15, 0.2) is 59.0 Å². The maximum absolute atomic E-state index is 11.2. The lowest BCUT2D eigenvalue weighted by atomic mass is 10.1. The van der Waals surface area contributed by atoms with Gasteiger partial charge in [0.25, 0.3) is 0 Å². The van der Waals surface area contributed by atoms with Gasteiger partial charge in [-0.15, -0.1) is 0 Å². The molecular weight excluding hydrogens is 334 g/mol. The van der Waals surface area contributed by atoms with Gasteiger partial charge in [-0.1, -0.05) is 54.1 Å². The van der Waals surface area contributed by atoms with Crippen LogP contribution < -0.4 is 0 Å². The van der Waals surface area contributed by atoms with Crippen LogP contribution in [0.1, 0.15) is 11.1 Å². The van der Waals surface area contributed by atoms with Crippen LogP contribution in [-0.4, -0.2) is 16.1 Å². The molecule has 4 nitrogen and oxygen atoms in total. The van der Waals surface area contributed by atoms with Crippen molar-refractivity contribution in [2.45, 2.75) is 5.25 Å². The molecule has 0 aliphatic heterocycles. The molecule has 2 aromatic carbocycles. The number of halogens is 1. The van der Waals surface area contributed by atoms with Gasteiger partial charge in [0.15, 0.2) is 11.0 Å². The number of benzene rings is 2. The van der Waals surface area contributed by atoms with Crippen LogP contribution in [0, 0.1) is 0 Å². The average molecular weight is 346 g/mol. The van der Waals surface area contributed by atoms with Crippen LogP contribution >= 0.6 is 24.2 Å². The van der Waals surface area contributed by atoms with Gasteiger partial charge in [0, 0.05) is 11.1 Å². The first-order valence-corrected chi connectivity index (χ1v) is 7.69. The fraction of sp³-hybridized carbons (Fsp3) is 0.0588. The van der Waals surface area contributed by atoms with E-state index in [1.165, 1.54) is 0 Å². The van der Waals surface area contributed by atoms with Gasteiger partial charge in [-0.25, -0.2) is 4.98 Å². The number of rotatable bonds is 4. The molecule has 116 valence electrons. The van der Waals surface area contributed by atoms with E-state index in [9.17, 15) is 4.79 Å². The van der Waals surface area contributed by atoms with Gasteiger partial charge >= 0.3 is 5.97 Å². The molecule has 0 aliphatic rings. The van der Waals surface area contributed by atoms with Crippen molar-refractivity contribution in [3.63, 3.8) is 0 Å². The Kier molecular flexibility index (Phi) is 4.41. The fourth-order valence-electron chi connectivity index (χ4n) is 2.18. The summed E-state index contributed by atoms with van der Waals surface area (Å²) in [5, 5.41) is 8.48. The van der Waals surface area contributed by atoms with Crippen molar-refractivity contribution in [3.8, 4) is 22.6 Å². The van der Waals surface area contributed by atoms with Gasteiger partial charge in [-0.2, -0.15) is 12.6 Å². The predicted molar refractivity (Wildman–Crippen MR) is 91.7 cm³/mol. The second kappa shape index (κ2) is 6.48. The van der Waals surface area contributed by atoms with Crippen molar-refractivity contribution in [2.75, 3.05) is 0 Å². The molecule has 1 unspecified atom stereocenters. The number of nitrogens with zero attached hydrogens (tertiary/aromatic N) is 1. The van der Waals surface area contributed by atoms with E-state index >= 15 is 0 Å². The first kappa shape index (κ1) is 15.6. The monoisotopic (exact) mass is 345 g/mol. The fourth-order valence-corrected chi connectivity index (χ4v) is 2.51. The number of oxazole rings is 1. The van der Waals surface area contributed by atoms with E-state index < -0.39 is 11.2 Å². The van der Waals surface area contributed by atoms with Gasteiger partial charge in [0.2, 0.25) is 5.89 Å². The molecule has 1 heterocycles. The lowest BCUT2D eigenvalue weighted by molar-refractivity contribution is -0.136. The second-order valence-corrected chi connectivity index (χ2v) is 5.74. The Bertz CT molecular complexity index is 848. The average Bonchev–Trinajstić information content (AvgIpc) is 3.00. The molecule has 0 saturated heterocycles. The maximum atomic E-state index is 11.2. The van der Waals surface area contributed by atoms with E-state index in [1.807, 2.05) is 42.5 Å². The Hall–Kier alpha value is -2.24. The van der Waals surface area contributed by atoms with Gasteiger partial charge in [0.05, 0.1) is 5.02 Å². The van der Waals surface area contributed by atoms with Crippen molar-refractivity contribution >= 4 is 30.2 Å². The first-order valence-electron chi connectivity index (χ1n) is 6.80. The highest BCUT2D eigenvalue weighted by atomic mass is 35.5. The summed E-state index contributed by atoms with van der Waals surface area (Å²) in [6.45, 7) is 0. The van der Waals surface area contributed by atoms with Crippen LogP contribution in [0.5, 0.6) is 0 Å². The molecule has 0 bridgehead atoms. The number of carboxylic acid groups (broad SMARTS) is 1. The molecule has 1 atom stereocenters. The Labute approximate surface area is 143 Å². The Morgan fingerprint density at radius 1 is 1.13 bits per heavy atom. The first-order chi connectivity index (χ1) is 11.1. The van der Waals surface area contributed by atoms with E-state index in [4.69, 9.17) is 21.1 Å². The van der Waals surface area contributed by atoms with Gasteiger partial charge in [-0.3, -0.25) is 4.79 Å². The third kappa shape index (κ3) is 3.11. The number of aliphatic carboxylic acids is 1. The summed E-state index contributed by atoms with van der Waals surface area (Å²) in [4.78, 5) is 15.5. The zero-order valence-electron chi connectivity index (χ0n) is 11.8. The second-order valence-electron chi connectivity index (χ2n) is 4.82. The number of thiol groups is 1. The quantitative estimate of drug-likeness (QED) is 0.672. The zero-order chi connectivity index (χ0) is 16.4. The summed E-state index contributed by atoms with van der Waals surface area (Å²) in [6, 6.07) is 16.5. The SMILES string of the molecule is O=C(O)C(S)c1nc(-c2ccccc2)c(-c2ccccc2Cl)o1. The molecule has 0 radical (unpaired) electrons. The number of carbonyl (C=O) groups is 1. The van der Waals surface area contributed by atoms with Crippen LogP contribution in [0.4, 0.5) is 0 Å². The molecule has 1 N–H and O–H groups in total. The zero-order valence-corrected chi connectivity index (χ0v) is 13.5. The van der Waals surface area contributed by atoms with Crippen molar-refractivity contribution in [1.82, 2.24) is 4.98 Å². The van der Waals surface area contributed by atoms with Crippen LogP contribution in [0.2, 0.25) is 5.02 Å². The molecule has 1 aromatic heterocycles. The smallest absolute Gasteiger partial charge is 0.325 e. The highest BCUT2D eigenvalue weighted by Crippen LogP contribution is 2.38. The van der Waals surface area contributed by atoms with Gasteiger partial charge in [0.1, 0.15) is 5.69 Å². The number of hydrogen-bond donors (Lipinski definition) is 2. The Balaban J connectivity index is 2.21. The van der Waals surface area contributed by atoms with Gasteiger partial charge in [-0.05, 0) is 12.1 Å². The highest BCUT2D eigenvalue weighted by Gasteiger charge is 2.25. The van der Waals surface area contributed by atoms with Crippen LogP contribution in [0.25, 0.3) is 22.6 Å². The number of aromatic nitrogens is 1. The summed E-state index contributed by atoms with van der Waals surface area (Å²) < 4.78 is 5.71. The predicted octanol–water partition coefficient (Wildman–Crippen LogP) is 4.72. The molecule has 0 spiro atoms. The highest BCUT2D eigenvalue weighted by molar-refractivity contribution is 7.81. The summed E-state index contributed by atoms with van der Waals surface area (Å²) in [7, 11) is 0. The van der Waals surface area contributed by atoms with Crippen molar-refractivity contribution in [1.29, 1.82) is 0 Å². The third-order valence-corrected chi connectivity index (χ3v) is 4.05. The number of hydrogen-bond acceptors (Lipinski definition) is 4. The van der Waals surface area contributed by atoms with Crippen molar-refractivity contribution in [3.05, 3.63) is 65.5 Å². The minimum atomic E-state index is -1.14. The largest absolute Gasteiger partial charge is 0.480 e. The van der Waals surface area contributed by atoms with Gasteiger partial charge < -0.3 is 9.52 Å². The molecule has 0 amide bonds. The Morgan fingerprint density at radius 2 is 1.78 bits per heavy atom. The molecule has 3 rings (SSSR count). The summed E-state index contributed by atoms with van der Waals surface area (Å²) in [5.41, 5.74) is 2.00. The van der Waals surface area contributed by atoms with Crippen LogP contribution in [0.3, 0.4) is 0 Å². The van der Waals surface area contributed by atoms with Crippen LogP contribution in [-0.2, 0) is 4.79 Å². The number of carboxylic acids is 1. The molecular formula is C17H12ClNO3S. The van der Waals surface area contributed by atoms with E-state index in [2.05, 4.69) is 17.6 Å². The van der Waals surface area contributed by atoms with E-state index in [0.29, 0.717) is 22.0 Å².